The lowest BCUT2D eigenvalue weighted by atomic mass is 9.84. The van der Waals surface area contributed by atoms with Gasteiger partial charge in [-0.2, -0.15) is 0 Å². The van der Waals surface area contributed by atoms with Crippen LogP contribution in [0.5, 0.6) is 5.75 Å². The Labute approximate surface area is 147 Å². The number of rotatable bonds is 9. The summed E-state index contributed by atoms with van der Waals surface area (Å²) in [6.45, 7) is 5.67. The Morgan fingerprint density at radius 2 is 2.20 bits per heavy atom. The minimum absolute atomic E-state index is 0.134. The van der Waals surface area contributed by atoms with Gasteiger partial charge in [-0.25, -0.2) is 4.68 Å². The van der Waals surface area contributed by atoms with E-state index in [4.69, 9.17) is 4.74 Å². The summed E-state index contributed by atoms with van der Waals surface area (Å²) in [5.41, 5.74) is 1.58. The second-order valence-electron chi connectivity index (χ2n) is 7.21. The first-order chi connectivity index (χ1) is 12.1. The number of alkyl halides is 1. The molecule has 0 spiro atoms. The van der Waals surface area contributed by atoms with Crippen LogP contribution in [-0.4, -0.2) is 45.8 Å². The highest BCUT2D eigenvalue weighted by molar-refractivity contribution is 5.35. The van der Waals surface area contributed by atoms with E-state index in [0.29, 0.717) is 19.1 Å². The molecule has 0 radical (unpaired) electrons. The van der Waals surface area contributed by atoms with Crippen molar-refractivity contribution in [2.45, 2.75) is 51.0 Å². The Bertz CT molecular complexity index is 684. The SMILES string of the molecule is CC(C)(CCCCF)c1cn(-c2cncc(OC[C@@H]3CCN3)c2)nn1. The van der Waals surface area contributed by atoms with E-state index in [2.05, 4.69) is 34.5 Å². The predicted molar refractivity (Wildman–Crippen MR) is 93.9 cm³/mol. The Kier molecular flexibility index (Phi) is 5.63. The lowest BCUT2D eigenvalue weighted by Gasteiger charge is -2.27. The zero-order valence-corrected chi connectivity index (χ0v) is 14.9. The van der Waals surface area contributed by atoms with E-state index in [-0.39, 0.29) is 12.1 Å². The third kappa shape index (κ3) is 4.54. The molecule has 1 N–H and O–H groups in total. The Balaban J connectivity index is 1.66. The van der Waals surface area contributed by atoms with E-state index in [1.807, 2.05) is 12.3 Å². The average Bonchev–Trinajstić information content (AvgIpc) is 3.05. The smallest absolute Gasteiger partial charge is 0.139 e. The fraction of sp³-hybridized carbons (Fsp3) is 0.611. The molecule has 0 bridgehead atoms. The number of unbranched alkanes of at least 4 members (excludes halogenated alkanes) is 1. The Hall–Kier alpha value is -2.02. The van der Waals surface area contributed by atoms with Crippen molar-refractivity contribution in [3.63, 3.8) is 0 Å². The standard InChI is InChI=1S/C18H26FN5O/c1-18(2,6-3-4-7-19)17-12-24(23-22-17)15-9-16(11-20-10-15)25-13-14-5-8-21-14/h9-12,14,21H,3-8,13H2,1-2H3/t14-/m0/s1. The molecule has 2 aromatic rings. The zero-order chi connectivity index (χ0) is 17.7. The Morgan fingerprint density at radius 1 is 1.36 bits per heavy atom. The molecular weight excluding hydrogens is 321 g/mol. The molecule has 1 aliphatic rings. The summed E-state index contributed by atoms with van der Waals surface area (Å²) in [4.78, 5) is 4.24. The van der Waals surface area contributed by atoms with Crippen molar-refractivity contribution in [1.82, 2.24) is 25.3 Å². The van der Waals surface area contributed by atoms with Crippen molar-refractivity contribution in [2.75, 3.05) is 19.8 Å². The fourth-order valence-electron chi connectivity index (χ4n) is 2.79. The van der Waals surface area contributed by atoms with Gasteiger partial charge in [-0.05, 0) is 32.2 Å². The number of hydrogen-bond donors (Lipinski definition) is 1. The number of halogens is 1. The lowest BCUT2D eigenvalue weighted by Crippen LogP contribution is -2.46. The minimum atomic E-state index is -0.266. The molecule has 0 aromatic carbocycles. The fourth-order valence-corrected chi connectivity index (χ4v) is 2.79. The molecule has 1 saturated heterocycles. The monoisotopic (exact) mass is 347 g/mol. The molecule has 0 aliphatic carbocycles. The van der Waals surface area contributed by atoms with Crippen molar-refractivity contribution in [2.24, 2.45) is 0 Å². The molecule has 7 heteroatoms. The van der Waals surface area contributed by atoms with E-state index < -0.39 is 0 Å². The zero-order valence-electron chi connectivity index (χ0n) is 14.9. The van der Waals surface area contributed by atoms with Gasteiger partial charge in [0.2, 0.25) is 0 Å². The molecule has 6 nitrogen and oxygen atoms in total. The molecule has 0 saturated carbocycles. The van der Waals surface area contributed by atoms with Crippen LogP contribution in [0.3, 0.4) is 0 Å². The van der Waals surface area contributed by atoms with Gasteiger partial charge < -0.3 is 10.1 Å². The number of hydrogen-bond acceptors (Lipinski definition) is 5. The van der Waals surface area contributed by atoms with Gasteiger partial charge in [0.25, 0.3) is 0 Å². The van der Waals surface area contributed by atoms with E-state index >= 15 is 0 Å². The summed E-state index contributed by atoms with van der Waals surface area (Å²) >= 11 is 0. The second kappa shape index (κ2) is 7.91. The molecule has 1 aliphatic heterocycles. The second-order valence-corrected chi connectivity index (χ2v) is 7.21. The van der Waals surface area contributed by atoms with Crippen LogP contribution in [0, 0.1) is 0 Å². The number of nitrogens with one attached hydrogen (secondary N) is 1. The first-order valence-electron chi connectivity index (χ1n) is 8.89. The van der Waals surface area contributed by atoms with Gasteiger partial charge in [0.1, 0.15) is 12.4 Å². The normalized spacial score (nSPS) is 17.3. The number of pyridine rings is 1. The number of aromatic nitrogens is 4. The maximum Gasteiger partial charge on any atom is 0.139 e. The summed E-state index contributed by atoms with van der Waals surface area (Å²) in [5.74, 6) is 0.727. The van der Waals surface area contributed by atoms with Crippen molar-refractivity contribution in [1.29, 1.82) is 0 Å². The first-order valence-corrected chi connectivity index (χ1v) is 8.89. The lowest BCUT2D eigenvalue weighted by molar-refractivity contribution is 0.217. The summed E-state index contributed by atoms with van der Waals surface area (Å²) in [6, 6.07) is 2.35. The average molecular weight is 347 g/mol. The van der Waals surface area contributed by atoms with Gasteiger partial charge in [-0.1, -0.05) is 19.1 Å². The third-order valence-corrected chi connectivity index (χ3v) is 4.71. The summed E-state index contributed by atoms with van der Waals surface area (Å²) in [7, 11) is 0. The molecule has 3 rings (SSSR count). The molecule has 2 aromatic heterocycles. The van der Waals surface area contributed by atoms with Gasteiger partial charge in [-0.3, -0.25) is 9.37 Å². The predicted octanol–water partition coefficient (Wildman–Crippen LogP) is 2.82. The van der Waals surface area contributed by atoms with Gasteiger partial charge >= 0.3 is 0 Å². The summed E-state index contributed by atoms with van der Waals surface area (Å²) in [5, 5.41) is 11.8. The van der Waals surface area contributed by atoms with Gasteiger partial charge in [-0.15, -0.1) is 5.10 Å². The quantitative estimate of drug-likeness (QED) is 0.707. The van der Waals surface area contributed by atoms with Crippen LogP contribution in [0.1, 0.15) is 45.2 Å². The highest BCUT2D eigenvalue weighted by Crippen LogP contribution is 2.28. The molecule has 25 heavy (non-hydrogen) atoms. The van der Waals surface area contributed by atoms with Crippen molar-refractivity contribution >= 4 is 0 Å². The maximum atomic E-state index is 12.3. The highest BCUT2D eigenvalue weighted by atomic mass is 19.1. The van der Waals surface area contributed by atoms with Crippen LogP contribution >= 0.6 is 0 Å². The van der Waals surface area contributed by atoms with Crippen LogP contribution in [-0.2, 0) is 5.41 Å². The highest BCUT2D eigenvalue weighted by Gasteiger charge is 2.24. The van der Waals surface area contributed by atoms with Crippen LogP contribution in [0.15, 0.2) is 24.7 Å². The van der Waals surface area contributed by atoms with Crippen molar-refractivity contribution in [3.8, 4) is 11.4 Å². The molecular formula is C18H26FN5O. The largest absolute Gasteiger partial charge is 0.490 e. The topological polar surface area (TPSA) is 64.9 Å². The van der Waals surface area contributed by atoms with Gasteiger partial charge in [0.05, 0.1) is 36.6 Å². The van der Waals surface area contributed by atoms with Crippen LogP contribution in [0.4, 0.5) is 4.39 Å². The van der Waals surface area contributed by atoms with Crippen LogP contribution in [0.25, 0.3) is 5.69 Å². The van der Waals surface area contributed by atoms with Crippen molar-refractivity contribution in [3.05, 3.63) is 30.4 Å². The molecule has 0 unspecified atom stereocenters. The molecule has 0 amide bonds. The Morgan fingerprint density at radius 3 is 2.92 bits per heavy atom. The van der Waals surface area contributed by atoms with E-state index in [1.165, 1.54) is 0 Å². The van der Waals surface area contributed by atoms with Gasteiger partial charge in [0.15, 0.2) is 0 Å². The van der Waals surface area contributed by atoms with Crippen molar-refractivity contribution < 1.29 is 9.13 Å². The van der Waals surface area contributed by atoms with E-state index in [9.17, 15) is 4.39 Å². The molecule has 1 fully saturated rings. The van der Waals surface area contributed by atoms with E-state index in [0.717, 1.165) is 42.9 Å². The van der Waals surface area contributed by atoms with E-state index in [1.54, 1.807) is 17.1 Å². The summed E-state index contributed by atoms with van der Waals surface area (Å²) in [6.07, 6.45) is 8.84. The third-order valence-electron chi connectivity index (χ3n) is 4.71. The molecule has 1 atom stereocenters. The van der Waals surface area contributed by atoms with Gasteiger partial charge in [0, 0.05) is 17.5 Å². The maximum absolute atomic E-state index is 12.3. The number of ether oxygens (including phenoxy) is 1. The molecule has 3 heterocycles. The number of nitrogens with zero attached hydrogens (tertiary/aromatic N) is 4. The molecule has 136 valence electrons. The van der Waals surface area contributed by atoms with Crippen LogP contribution < -0.4 is 10.1 Å². The minimum Gasteiger partial charge on any atom is -0.490 e. The first kappa shape index (κ1) is 17.8. The summed E-state index contributed by atoms with van der Waals surface area (Å²) < 4.78 is 19.8. The van der Waals surface area contributed by atoms with Crippen LogP contribution in [0.2, 0.25) is 0 Å².